The van der Waals surface area contributed by atoms with E-state index in [0.29, 0.717) is 42.5 Å². The average molecular weight is 419 g/mol. The Hall–Kier alpha value is -3.04. The Labute approximate surface area is 174 Å². The summed E-state index contributed by atoms with van der Waals surface area (Å²) < 4.78 is 20.8. The van der Waals surface area contributed by atoms with E-state index in [4.69, 9.17) is 18.6 Å². The summed E-state index contributed by atoms with van der Waals surface area (Å²) in [4.78, 5) is 26.9. The number of rotatable bonds is 8. The van der Waals surface area contributed by atoms with E-state index >= 15 is 0 Å². The van der Waals surface area contributed by atoms with E-state index in [9.17, 15) is 14.7 Å². The molecule has 1 aromatic heterocycles. The second-order valence-corrected chi connectivity index (χ2v) is 7.05. The van der Waals surface area contributed by atoms with Crippen LogP contribution in [-0.2, 0) is 4.74 Å². The van der Waals surface area contributed by atoms with E-state index in [2.05, 4.69) is 0 Å². The van der Waals surface area contributed by atoms with Crippen LogP contribution >= 0.6 is 0 Å². The molecule has 2 N–H and O–H groups in total. The monoisotopic (exact) mass is 419 g/mol. The number of carbonyl (C=O) groups is 2. The highest BCUT2D eigenvalue weighted by Gasteiger charge is 2.27. The number of ether oxygens (including phenoxy) is 3. The molecule has 0 bridgehead atoms. The van der Waals surface area contributed by atoms with Crippen molar-refractivity contribution < 1.29 is 38.2 Å². The fourth-order valence-electron chi connectivity index (χ4n) is 3.40. The van der Waals surface area contributed by atoms with Crippen LogP contribution in [0.2, 0.25) is 0 Å². The molecule has 2 heterocycles. The lowest BCUT2D eigenvalue weighted by Crippen LogP contribution is -3.16. The zero-order chi connectivity index (χ0) is 21.5. The lowest BCUT2D eigenvalue weighted by molar-refractivity contribution is -0.907. The van der Waals surface area contributed by atoms with Gasteiger partial charge in [-0.05, 0) is 30.3 Å². The fourth-order valence-corrected chi connectivity index (χ4v) is 3.40. The molecular formula is C21H27N2O7+. The summed E-state index contributed by atoms with van der Waals surface area (Å²) in [6, 6.07) is 8.09. The van der Waals surface area contributed by atoms with Gasteiger partial charge in [0.15, 0.2) is 17.3 Å². The predicted octanol–water partition coefficient (Wildman–Crippen LogP) is -0.145. The lowest BCUT2D eigenvalue weighted by Gasteiger charge is -2.32. The second-order valence-electron chi connectivity index (χ2n) is 7.05. The average Bonchev–Trinajstić information content (AvgIpc) is 3.32. The number of quaternary nitrogens is 1. The van der Waals surface area contributed by atoms with Crippen LogP contribution in [0.15, 0.2) is 41.0 Å². The number of carbonyl (C=O) groups excluding carboxylic acids is 2. The van der Waals surface area contributed by atoms with E-state index in [1.807, 2.05) is 0 Å². The minimum absolute atomic E-state index is 0.0898. The Bertz CT molecular complexity index is 845. The number of hydrogen-bond acceptors (Lipinski definition) is 7. The maximum Gasteiger partial charge on any atom is 0.337 e. The Morgan fingerprint density at radius 2 is 1.97 bits per heavy atom. The Kier molecular flexibility index (Phi) is 7.31. The summed E-state index contributed by atoms with van der Waals surface area (Å²) in [6.07, 6.45) is 0.806. The molecule has 1 aliphatic heterocycles. The molecule has 3 rings (SSSR count). The van der Waals surface area contributed by atoms with Crippen molar-refractivity contribution in [3.8, 4) is 11.5 Å². The van der Waals surface area contributed by atoms with Gasteiger partial charge in [0.1, 0.15) is 19.3 Å². The van der Waals surface area contributed by atoms with Crippen LogP contribution in [-0.4, -0.2) is 81.5 Å². The highest BCUT2D eigenvalue weighted by atomic mass is 16.5. The van der Waals surface area contributed by atoms with Crippen molar-refractivity contribution in [2.24, 2.45) is 0 Å². The quantitative estimate of drug-likeness (QED) is 0.574. The molecule has 1 amide bonds. The first-order chi connectivity index (χ1) is 14.5. The number of amides is 1. The van der Waals surface area contributed by atoms with Crippen molar-refractivity contribution >= 4 is 11.9 Å². The maximum absolute atomic E-state index is 12.3. The third kappa shape index (κ3) is 5.31. The van der Waals surface area contributed by atoms with Crippen molar-refractivity contribution in [1.82, 2.24) is 4.90 Å². The van der Waals surface area contributed by atoms with Gasteiger partial charge in [0, 0.05) is 0 Å². The number of benzene rings is 1. The highest BCUT2D eigenvalue weighted by molar-refractivity contribution is 5.91. The van der Waals surface area contributed by atoms with E-state index in [1.54, 1.807) is 29.2 Å². The van der Waals surface area contributed by atoms with Crippen LogP contribution in [0.1, 0.15) is 20.9 Å². The number of hydrogen-bond donors (Lipinski definition) is 2. The molecule has 0 radical (unpaired) electrons. The minimum Gasteiger partial charge on any atom is -0.493 e. The van der Waals surface area contributed by atoms with Gasteiger partial charge in [-0.1, -0.05) is 0 Å². The third-order valence-corrected chi connectivity index (χ3v) is 5.03. The summed E-state index contributed by atoms with van der Waals surface area (Å²) in [5.74, 6) is 0.605. The van der Waals surface area contributed by atoms with E-state index < -0.39 is 12.1 Å². The molecule has 30 heavy (non-hydrogen) atoms. The van der Waals surface area contributed by atoms with Gasteiger partial charge in [0.2, 0.25) is 0 Å². The molecule has 0 saturated carbocycles. The Morgan fingerprint density at radius 1 is 1.20 bits per heavy atom. The van der Waals surface area contributed by atoms with Crippen LogP contribution < -0.4 is 14.4 Å². The minimum atomic E-state index is -0.683. The number of aliphatic hydroxyl groups excluding tert-OH is 1. The van der Waals surface area contributed by atoms with Crippen LogP contribution in [0.3, 0.4) is 0 Å². The largest absolute Gasteiger partial charge is 0.493 e. The predicted molar refractivity (Wildman–Crippen MR) is 106 cm³/mol. The molecule has 9 heteroatoms. The zero-order valence-electron chi connectivity index (χ0n) is 17.1. The van der Waals surface area contributed by atoms with Gasteiger partial charge in [0.05, 0.1) is 52.2 Å². The first-order valence-corrected chi connectivity index (χ1v) is 9.75. The van der Waals surface area contributed by atoms with Crippen LogP contribution in [0.5, 0.6) is 11.5 Å². The molecule has 162 valence electrons. The number of piperazine rings is 1. The SMILES string of the molecule is COC(=O)c1ccc(OC[C@@H](O)C[NH+]2CCN(C(=O)c3ccco3)CC2)c(OC)c1. The van der Waals surface area contributed by atoms with Crippen molar-refractivity contribution in [3.63, 3.8) is 0 Å². The van der Waals surface area contributed by atoms with Gasteiger partial charge in [-0.15, -0.1) is 0 Å². The van der Waals surface area contributed by atoms with Crippen molar-refractivity contribution in [2.45, 2.75) is 6.10 Å². The standard InChI is InChI=1S/C21H26N2O7/c1-27-19-12-15(21(26)28-2)5-6-17(19)30-14-16(24)13-22-7-9-23(10-8-22)20(25)18-4-3-11-29-18/h3-6,11-12,16,24H,7-10,13-14H2,1-2H3/p+1/t16-/m0/s1. The fraction of sp³-hybridized carbons (Fsp3) is 0.429. The van der Waals surface area contributed by atoms with Gasteiger partial charge >= 0.3 is 5.97 Å². The number of furan rings is 1. The van der Waals surface area contributed by atoms with Crippen molar-refractivity contribution in [2.75, 3.05) is 53.6 Å². The van der Waals surface area contributed by atoms with Gasteiger partial charge in [0.25, 0.3) is 5.91 Å². The topological polar surface area (TPSA) is 103 Å². The number of methoxy groups -OCH3 is 2. The number of nitrogens with zero attached hydrogens (tertiary/aromatic N) is 1. The van der Waals surface area contributed by atoms with E-state index in [1.165, 1.54) is 31.4 Å². The zero-order valence-corrected chi connectivity index (χ0v) is 17.1. The summed E-state index contributed by atoms with van der Waals surface area (Å²) in [6.45, 7) is 3.27. The molecule has 1 aromatic carbocycles. The van der Waals surface area contributed by atoms with Gasteiger partial charge < -0.3 is 33.5 Å². The molecule has 9 nitrogen and oxygen atoms in total. The van der Waals surface area contributed by atoms with Crippen LogP contribution in [0.4, 0.5) is 0 Å². The van der Waals surface area contributed by atoms with Gasteiger partial charge in [-0.3, -0.25) is 4.79 Å². The van der Waals surface area contributed by atoms with Gasteiger partial charge in [-0.25, -0.2) is 4.79 Å². The number of aliphatic hydroxyl groups is 1. The smallest absolute Gasteiger partial charge is 0.337 e. The summed E-state index contributed by atoms with van der Waals surface area (Å²) >= 11 is 0. The van der Waals surface area contributed by atoms with E-state index in [0.717, 1.165) is 13.1 Å². The molecule has 0 aliphatic carbocycles. The Morgan fingerprint density at radius 3 is 2.60 bits per heavy atom. The highest BCUT2D eigenvalue weighted by Crippen LogP contribution is 2.28. The Balaban J connectivity index is 1.46. The summed E-state index contributed by atoms with van der Waals surface area (Å²) in [5, 5.41) is 10.4. The van der Waals surface area contributed by atoms with Crippen molar-refractivity contribution in [1.29, 1.82) is 0 Å². The summed E-state index contributed by atoms with van der Waals surface area (Å²) in [7, 11) is 2.79. The van der Waals surface area contributed by atoms with Crippen molar-refractivity contribution in [3.05, 3.63) is 47.9 Å². The van der Waals surface area contributed by atoms with Crippen LogP contribution in [0, 0.1) is 0 Å². The molecule has 0 unspecified atom stereocenters. The molecule has 1 aliphatic rings. The maximum atomic E-state index is 12.3. The second kappa shape index (κ2) is 10.1. The first-order valence-electron chi connectivity index (χ1n) is 9.75. The summed E-state index contributed by atoms with van der Waals surface area (Å²) in [5.41, 5.74) is 0.355. The first kappa shape index (κ1) is 21.7. The molecule has 1 atom stereocenters. The molecule has 2 aromatic rings. The van der Waals surface area contributed by atoms with Crippen LogP contribution in [0.25, 0.3) is 0 Å². The lowest BCUT2D eigenvalue weighted by atomic mass is 10.2. The number of nitrogens with one attached hydrogen (secondary N) is 1. The third-order valence-electron chi connectivity index (χ3n) is 5.03. The molecule has 0 spiro atoms. The molecule has 1 saturated heterocycles. The normalized spacial score (nSPS) is 15.5. The van der Waals surface area contributed by atoms with E-state index in [-0.39, 0.29) is 12.5 Å². The number of esters is 1. The molecular weight excluding hydrogens is 392 g/mol. The van der Waals surface area contributed by atoms with Gasteiger partial charge in [-0.2, -0.15) is 0 Å². The molecule has 1 fully saturated rings.